The Balaban J connectivity index is 2.37. The van der Waals surface area contributed by atoms with E-state index in [1.54, 1.807) is 17.2 Å². The molecule has 2 rings (SSSR count). The number of carbonyl (C=O) groups excluding carboxylic acids is 1. The number of hydrogen-bond acceptors (Lipinski definition) is 2. The van der Waals surface area contributed by atoms with Crippen LogP contribution in [-0.4, -0.2) is 35.0 Å². The van der Waals surface area contributed by atoms with Gasteiger partial charge in [-0.1, -0.05) is 51.1 Å². The largest absolute Gasteiger partial charge is 0.480 e. The van der Waals surface area contributed by atoms with Gasteiger partial charge < -0.3 is 9.71 Å². The van der Waals surface area contributed by atoms with Crippen LogP contribution in [0.25, 0.3) is 0 Å². The van der Waals surface area contributed by atoms with Crippen LogP contribution in [0, 0.1) is 0 Å². The molecule has 116 valence electrons. The molecule has 4 nitrogen and oxygen atoms in total. The first kappa shape index (κ1) is 16.2. The number of amides is 2. The van der Waals surface area contributed by atoms with Gasteiger partial charge in [-0.25, -0.2) is 0 Å². The van der Waals surface area contributed by atoms with Crippen molar-refractivity contribution in [3.8, 4) is 0 Å². The van der Waals surface area contributed by atoms with E-state index < -0.39 is 6.42 Å². The molecule has 0 aliphatic carbocycles. The number of fused-ring (bicyclic) bond motifs is 1. The fourth-order valence-corrected chi connectivity index (χ4v) is 3.32. The van der Waals surface area contributed by atoms with Gasteiger partial charge in [-0.05, 0) is 19.2 Å². The summed E-state index contributed by atoms with van der Waals surface area (Å²) in [6.45, 7) is 4.35. The first-order chi connectivity index (χ1) is 10.0. The van der Waals surface area contributed by atoms with Gasteiger partial charge >= 0.3 is 0 Å². The Morgan fingerprint density at radius 3 is 2.38 bits per heavy atom. The summed E-state index contributed by atoms with van der Waals surface area (Å²) in [5.74, 6) is 0.731. The molecule has 0 bridgehead atoms. The van der Waals surface area contributed by atoms with Crippen molar-refractivity contribution in [1.29, 1.82) is 0 Å². The molecule has 0 radical (unpaired) electrons. The molecule has 2 amide bonds. The van der Waals surface area contributed by atoms with Crippen molar-refractivity contribution in [2.45, 2.75) is 52.2 Å². The molecule has 0 spiro atoms. The quantitative estimate of drug-likeness (QED) is 0.668. The molecule has 0 N–H and O–H groups in total. The van der Waals surface area contributed by atoms with E-state index in [4.69, 9.17) is 16.5 Å². The highest BCUT2D eigenvalue weighted by Crippen LogP contribution is 2.32. The Labute approximate surface area is 132 Å². The van der Waals surface area contributed by atoms with Gasteiger partial charge in [0.15, 0.2) is 0 Å². The van der Waals surface area contributed by atoms with Gasteiger partial charge in [0.25, 0.3) is 6.03 Å². The molecular formula is C15H24BClN3O-. The predicted octanol–water partition coefficient (Wildman–Crippen LogP) is 4.44. The molecule has 6 heteroatoms. The third-order valence-corrected chi connectivity index (χ3v) is 4.76. The van der Waals surface area contributed by atoms with Gasteiger partial charge in [0.2, 0.25) is 6.42 Å². The second kappa shape index (κ2) is 6.69. The lowest BCUT2D eigenvalue weighted by Gasteiger charge is -2.52. The van der Waals surface area contributed by atoms with Crippen molar-refractivity contribution in [2.24, 2.45) is 4.90 Å². The van der Waals surface area contributed by atoms with Crippen molar-refractivity contribution in [2.75, 3.05) is 7.05 Å². The molecule has 0 saturated carbocycles. The molecule has 0 saturated heterocycles. The number of rotatable bonds is 6. The molecule has 0 aromatic rings. The minimum Gasteiger partial charge on any atom is -0.480 e. The van der Waals surface area contributed by atoms with Gasteiger partial charge in [-0.3, -0.25) is 9.69 Å². The standard InChI is InChI=1S/C15H24BClN3O/c1-4-6-10-16(11-7-5-2)18-14-9-8-13(17)12-20(14)15(21)19(16)3/h8-9,12H,4-7,10-11H2,1-3H3/q-1. The van der Waals surface area contributed by atoms with Crippen LogP contribution in [0.3, 0.4) is 0 Å². The molecule has 0 atom stereocenters. The fourth-order valence-electron chi connectivity index (χ4n) is 3.16. The zero-order chi connectivity index (χ0) is 15.5. The number of halogens is 1. The van der Waals surface area contributed by atoms with Crippen molar-refractivity contribution >= 4 is 29.9 Å². The van der Waals surface area contributed by atoms with Crippen LogP contribution < -0.4 is 0 Å². The van der Waals surface area contributed by atoms with E-state index in [1.165, 1.54) is 0 Å². The zero-order valence-electron chi connectivity index (χ0n) is 13.2. The molecule has 2 aliphatic heterocycles. The number of amidine groups is 1. The summed E-state index contributed by atoms with van der Waals surface area (Å²) in [5.41, 5.74) is 0. The smallest absolute Gasteiger partial charge is 0.290 e. The lowest BCUT2D eigenvalue weighted by atomic mass is 9.39. The SMILES string of the molecule is CCCC[B-]1(CCCC)N=C2C=CC(Cl)=CN2C(=O)N1C. The number of unbranched alkanes of at least 4 members (excludes halogenated alkanes) is 2. The Morgan fingerprint density at radius 1 is 1.19 bits per heavy atom. The van der Waals surface area contributed by atoms with E-state index in [0.717, 1.165) is 44.2 Å². The Morgan fingerprint density at radius 2 is 1.81 bits per heavy atom. The van der Waals surface area contributed by atoms with E-state index in [1.807, 2.05) is 17.9 Å². The van der Waals surface area contributed by atoms with E-state index in [0.29, 0.717) is 5.03 Å². The van der Waals surface area contributed by atoms with Crippen LogP contribution in [0.5, 0.6) is 0 Å². The maximum Gasteiger partial charge on any atom is 0.290 e. The van der Waals surface area contributed by atoms with E-state index in [-0.39, 0.29) is 6.03 Å². The minimum absolute atomic E-state index is 0.0188. The van der Waals surface area contributed by atoms with Crippen LogP contribution in [-0.2, 0) is 0 Å². The van der Waals surface area contributed by atoms with E-state index >= 15 is 0 Å². The normalized spacial score (nSPS) is 20.3. The second-order valence-electron chi connectivity index (χ2n) is 6.02. The average Bonchev–Trinajstić information content (AvgIpc) is 2.49. The van der Waals surface area contributed by atoms with Gasteiger partial charge in [0, 0.05) is 6.20 Å². The molecule has 0 aromatic carbocycles. The maximum absolute atomic E-state index is 12.7. The molecule has 0 unspecified atom stereocenters. The lowest BCUT2D eigenvalue weighted by molar-refractivity contribution is 0.212. The summed E-state index contributed by atoms with van der Waals surface area (Å²) in [7, 11) is 1.88. The topological polar surface area (TPSA) is 35.9 Å². The third-order valence-electron chi connectivity index (χ3n) is 4.53. The summed E-state index contributed by atoms with van der Waals surface area (Å²) in [5, 5.41) is 0.554. The summed E-state index contributed by atoms with van der Waals surface area (Å²) in [4.78, 5) is 21.1. The highest BCUT2D eigenvalue weighted by molar-refractivity contribution is 6.79. The van der Waals surface area contributed by atoms with E-state index in [9.17, 15) is 4.79 Å². The van der Waals surface area contributed by atoms with Gasteiger partial charge in [0.1, 0.15) is 0 Å². The summed E-state index contributed by atoms with van der Waals surface area (Å²) in [6.07, 6.45) is 10.5. The second-order valence-corrected chi connectivity index (χ2v) is 6.45. The van der Waals surface area contributed by atoms with Crippen LogP contribution in [0.1, 0.15) is 39.5 Å². The van der Waals surface area contributed by atoms with Crippen LogP contribution in [0.2, 0.25) is 12.6 Å². The maximum atomic E-state index is 12.7. The minimum atomic E-state index is -1.17. The average molecular weight is 309 g/mol. The highest BCUT2D eigenvalue weighted by atomic mass is 35.5. The number of nitrogens with zero attached hydrogens (tertiary/aromatic N) is 3. The van der Waals surface area contributed by atoms with Crippen LogP contribution in [0.4, 0.5) is 4.79 Å². The lowest BCUT2D eigenvalue weighted by Crippen LogP contribution is -2.61. The highest BCUT2D eigenvalue weighted by Gasteiger charge is 2.38. The molecule has 0 fully saturated rings. The molecule has 2 heterocycles. The first-order valence-electron chi connectivity index (χ1n) is 7.94. The van der Waals surface area contributed by atoms with Gasteiger partial charge in [-0.15, -0.1) is 12.6 Å². The Kier molecular flexibility index (Phi) is 5.15. The van der Waals surface area contributed by atoms with Crippen molar-refractivity contribution in [3.63, 3.8) is 0 Å². The first-order valence-corrected chi connectivity index (χ1v) is 8.32. The molecule has 0 aromatic heterocycles. The zero-order valence-corrected chi connectivity index (χ0v) is 13.9. The fraction of sp³-hybridized carbons (Fsp3) is 0.600. The van der Waals surface area contributed by atoms with Crippen molar-refractivity contribution in [1.82, 2.24) is 9.71 Å². The molecule has 21 heavy (non-hydrogen) atoms. The summed E-state index contributed by atoms with van der Waals surface area (Å²) in [6, 6.07) is -0.0188. The third kappa shape index (κ3) is 3.18. The van der Waals surface area contributed by atoms with Crippen LogP contribution >= 0.6 is 11.6 Å². The van der Waals surface area contributed by atoms with Crippen molar-refractivity contribution in [3.05, 3.63) is 23.4 Å². The van der Waals surface area contributed by atoms with Crippen LogP contribution in [0.15, 0.2) is 28.3 Å². The number of hydrogen-bond donors (Lipinski definition) is 0. The van der Waals surface area contributed by atoms with Gasteiger partial charge in [-0.2, -0.15) is 0 Å². The predicted molar refractivity (Wildman–Crippen MR) is 90.7 cm³/mol. The number of urea groups is 1. The van der Waals surface area contributed by atoms with E-state index in [2.05, 4.69) is 13.8 Å². The number of carbonyl (C=O) groups is 1. The summed E-state index contributed by atoms with van der Waals surface area (Å²) < 4.78 is 0. The Hall–Kier alpha value is -1.23. The molecule has 2 aliphatic rings. The van der Waals surface area contributed by atoms with Gasteiger partial charge in [0.05, 0.1) is 10.9 Å². The monoisotopic (exact) mass is 308 g/mol. The number of allylic oxidation sites excluding steroid dienone is 2. The molecular weight excluding hydrogens is 284 g/mol. The Bertz CT molecular complexity index is 493. The summed E-state index contributed by atoms with van der Waals surface area (Å²) >= 11 is 6.00. The van der Waals surface area contributed by atoms with Crippen molar-refractivity contribution < 1.29 is 4.79 Å².